The average Bonchev–Trinajstić information content (AvgIpc) is 2.89. The van der Waals surface area contributed by atoms with E-state index < -0.39 is 0 Å². The summed E-state index contributed by atoms with van der Waals surface area (Å²) in [5.74, 6) is 0.987. The summed E-state index contributed by atoms with van der Waals surface area (Å²) < 4.78 is 1.98. The molecule has 106 valence electrons. The van der Waals surface area contributed by atoms with E-state index in [1.807, 2.05) is 29.8 Å². The number of rotatable bonds is 6. The van der Waals surface area contributed by atoms with E-state index in [4.69, 9.17) is 0 Å². The van der Waals surface area contributed by atoms with Crippen molar-refractivity contribution in [2.24, 2.45) is 0 Å². The van der Waals surface area contributed by atoms with E-state index in [1.54, 1.807) is 18.6 Å². The van der Waals surface area contributed by atoms with Crippen LogP contribution in [-0.2, 0) is 11.3 Å². The third-order valence-corrected chi connectivity index (χ3v) is 3.36. The predicted molar refractivity (Wildman–Crippen MR) is 77.0 cm³/mol. The Balaban J connectivity index is 1.88. The zero-order valence-electron chi connectivity index (χ0n) is 11.9. The van der Waals surface area contributed by atoms with E-state index in [2.05, 4.69) is 22.2 Å². The van der Waals surface area contributed by atoms with Crippen LogP contribution >= 0.6 is 0 Å². The Morgan fingerprint density at radius 3 is 2.70 bits per heavy atom. The zero-order valence-corrected chi connectivity index (χ0v) is 11.9. The van der Waals surface area contributed by atoms with Crippen molar-refractivity contribution in [3.05, 3.63) is 48.3 Å². The van der Waals surface area contributed by atoms with Crippen molar-refractivity contribution in [3.63, 3.8) is 0 Å². The molecule has 1 amide bonds. The molecular weight excluding hydrogens is 252 g/mol. The summed E-state index contributed by atoms with van der Waals surface area (Å²) in [4.78, 5) is 20.2. The first-order valence-corrected chi connectivity index (χ1v) is 6.87. The monoisotopic (exact) mass is 272 g/mol. The Morgan fingerprint density at radius 1 is 1.35 bits per heavy atom. The van der Waals surface area contributed by atoms with Crippen LogP contribution in [0.2, 0.25) is 0 Å². The molecule has 1 N–H and O–H groups in total. The third kappa shape index (κ3) is 3.66. The fraction of sp³-hybridized carbons (Fsp3) is 0.400. The third-order valence-electron chi connectivity index (χ3n) is 3.36. The molecule has 2 heterocycles. The molecule has 2 aromatic heterocycles. The number of aromatic nitrogens is 3. The van der Waals surface area contributed by atoms with E-state index in [1.165, 1.54) is 0 Å². The van der Waals surface area contributed by atoms with Crippen molar-refractivity contribution in [3.8, 4) is 0 Å². The lowest BCUT2D eigenvalue weighted by molar-refractivity contribution is -0.122. The SMILES string of the molecule is CCC(NC(=O)CCn1ccnc1C)c1ccncc1. The number of hydrogen-bond acceptors (Lipinski definition) is 3. The second-order valence-corrected chi connectivity index (χ2v) is 4.73. The molecule has 1 unspecified atom stereocenters. The Bertz CT molecular complexity index is 550. The lowest BCUT2D eigenvalue weighted by atomic mass is 10.1. The van der Waals surface area contributed by atoms with Crippen molar-refractivity contribution in [2.45, 2.75) is 39.3 Å². The molecule has 5 heteroatoms. The number of carbonyl (C=O) groups is 1. The van der Waals surface area contributed by atoms with Crippen LogP contribution in [0.5, 0.6) is 0 Å². The smallest absolute Gasteiger partial charge is 0.222 e. The highest BCUT2D eigenvalue weighted by molar-refractivity contribution is 5.76. The number of imidazole rings is 1. The van der Waals surface area contributed by atoms with E-state index in [-0.39, 0.29) is 11.9 Å². The summed E-state index contributed by atoms with van der Waals surface area (Å²) in [5, 5.41) is 3.06. The van der Waals surface area contributed by atoms with Gasteiger partial charge in [0.2, 0.25) is 5.91 Å². The molecule has 0 saturated carbocycles. The lowest BCUT2D eigenvalue weighted by Gasteiger charge is -2.17. The highest BCUT2D eigenvalue weighted by atomic mass is 16.1. The van der Waals surface area contributed by atoms with Crippen molar-refractivity contribution in [1.82, 2.24) is 19.9 Å². The van der Waals surface area contributed by atoms with Gasteiger partial charge in [-0.15, -0.1) is 0 Å². The van der Waals surface area contributed by atoms with Crippen molar-refractivity contribution >= 4 is 5.91 Å². The largest absolute Gasteiger partial charge is 0.349 e. The molecule has 0 aliphatic rings. The molecule has 5 nitrogen and oxygen atoms in total. The minimum atomic E-state index is 0.0504. The van der Waals surface area contributed by atoms with Crippen molar-refractivity contribution < 1.29 is 4.79 Å². The topological polar surface area (TPSA) is 59.8 Å². The van der Waals surface area contributed by atoms with Gasteiger partial charge in [-0.2, -0.15) is 0 Å². The predicted octanol–water partition coefficient (Wildman–Crippen LogP) is 2.24. The van der Waals surface area contributed by atoms with Crippen LogP contribution in [0.1, 0.15) is 37.2 Å². The Kier molecular flexibility index (Phi) is 4.87. The highest BCUT2D eigenvalue weighted by Gasteiger charge is 2.12. The van der Waals surface area contributed by atoms with Crippen LogP contribution in [0, 0.1) is 6.92 Å². The molecule has 0 radical (unpaired) electrons. The van der Waals surface area contributed by atoms with Gasteiger partial charge in [0.05, 0.1) is 6.04 Å². The Morgan fingerprint density at radius 2 is 2.10 bits per heavy atom. The maximum Gasteiger partial charge on any atom is 0.222 e. The number of carbonyl (C=O) groups excluding carboxylic acids is 1. The number of aryl methyl sites for hydroxylation is 2. The lowest BCUT2D eigenvalue weighted by Crippen LogP contribution is -2.28. The second kappa shape index (κ2) is 6.84. The van der Waals surface area contributed by atoms with E-state index in [0.29, 0.717) is 13.0 Å². The Hall–Kier alpha value is -2.17. The van der Waals surface area contributed by atoms with E-state index in [9.17, 15) is 4.79 Å². The highest BCUT2D eigenvalue weighted by Crippen LogP contribution is 2.15. The standard InChI is InChI=1S/C15H20N4O/c1-3-14(13-4-7-16-8-5-13)18-15(20)6-10-19-11-9-17-12(19)2/h4-5,7-9,11,14H,3,6,10H2,1-2H3,(H,18,20). The van der Waals surface area contributed by atoms with Crippen LogP contribution in [-0.4, -0.2) is 20.4 Å². The van der Waals surface area contributed by atoms with Crippen LogP contribution in [0.4, 0.5) is 0 Å². The minimum absolute atomic E-state index is 0.0504. The summed E-state index contributed by atoms with van der Waals surface area (Å²) in [6, 6.07) is 3.93. The molecule has 0 spiro atoms. The second-order valence-electron chi connectivity index (χ2n) is 4.73. The fourth-order valence-electron chi connectivity index (χ4n) is 2.15. The summed E-state index contributed by atoms with van der Waals surface area (Å²) in [7, 11) is 0. The van der Waals surface area contributed by atoms with Crippen LogP contribution < -0.4 is 5.32 Å². The van der Waals surface area contributed by atoms with Crippen LogP contribution in [0.15, 0.2) is 36.9 Å². The molecular formula is C15H20N4O. The van der Waals surface area contributed by atoms with E-state index >= 15 is 0 Å². The summed E-state index contributed by atoms with van der Waals surface area (Å²) in [5.41, 5.74) is 1.09. The summed E-state index contributed by atoms with van der Waals surface area (Å²) >= 11 is 0. The number of amides is 1. The van der Waals surface area contributed by atoms with Crippen LogP contribution in [0.25, 0.3) is 0 Å². The zero-order chi connectivity index (χ0) is 14.4. The molecule has 0 saturated heterocycles. The van der Waals surface area contributed by atoms with Crippen LogP contribution in [0.3, 0.4) is 0 Å². The van der Waals surface area contributed by atoms with Gasteiger partial charge in [0.1, 0.15) is 5.82 Å². The maximum absolute atomic E-state index is 12.0. The van der Waals surface area contributed by atoms with Gasteiger partial charge in [-0.05, 0) is 31.0 Å². The van der Waals surface area contributed by atoms with Gasteiger partial charge in [0.15, 0.2) is 0 Å². The Labute approximate surface area is 119 Å². The van der Waals surface area contributed by atoms with Gasteiger partial charge in [-0.3, -0.25) is 9.78 Å². The first kappa shape index (κ1) is 14.2. The normalized spacial score (nSPS) is 12.1. The van der Waals surface area contributed by atoms with Gasteiger partial charge in [-0.25, -0.2) is 4.98 Å². The number of hydrogen-bond donors (Lipinski definition) is 1. The fourth-order valence-corrected chi connectivity index (χ4v) is 2.15. The van der Waals surface area contributed by atoms with Gasteiger partial charge in [-0.1, -0.05) is 6.92 Å². The van der Waals surface area contributed by atoms with E-state index in [0.717, 1.165) is 17.8 Å². The molecule has 20 heavy (non-hydrogen) atoms. The molecule has 0 aliphatic carbocycles. The molecule has 1 atom stereocenters. The maximum atomic E-state index is 12.0. The van der Waals surface area contributed by atoms with Gasteiger partial charge in [0, 0.05) is 37.8 Å². The molecule has 0 aliphatic heterocycles. The summed E-state index contributed by atoms with van der Waals surface area (Å²) in [6.07, 6.45) is 8.46. The van der Waals surface area contributed by atoms with Crippen molar-refractivity contribution in [2.75, 3.05) is 0 Å². The summed E-state index contributed by atoms with van der Waals surface area (Å²) in [6.45, 7) is 4.65. The van der Waals surface area contributed by atoms with Gasteiger partial charge >= 0.3 is 0 Å². The molecule has 0 bridgehead atoms. The molecule has 2 aromatic rings. The molecule has 2 rings (SSSR count). The molecule has 0 fully saturated rings. The quantitative estimate of drug-likeness (QED) is 0.877. The number of nitrogens with zero attached hydrogens (tertiary/aromatic N) is 3. The molecule has 0 aromatic carbocycles. The number of nitrogens with one attached hydrogen (secondary N) is 1. The number of pyridine rings is 1. The average molecular weight is 272 g/mol. The first-order chi connectivity index (χ1) is 9.70. The first-order valence-electron chi connectivity index (χ1n) is 6.87. The van der Waals surface area contributed by atoms with Gasteiger partial charge < -0.3 is 9.88 Å². The van der Waals surface area contributed by atoms with Crippen molar-refractivity contribution in [1.29, 1.82) is 0 Å². The van der Waals surface area contributed by atoms with Gasteiger partial charge in [0.25, 0.3) is 0 Å². The minimum Gasteiger partial charge on any atom is -0.349 e.